The maximum absolute atomic E-state index is 11.7. The molecule has 1 atom stereocenters. The molecule has 3 rings (SSSR count). The van der Waals surface area contributed by atoms with E-state index in [2.05, 4.69) is 5.32 Å². The number of carbonyl (C=O) groups excluding carboxylic acids is 1. The van der Waals surface area contributed by atoms with E-state index >= 15 is 0 Å². The van der Waals surface area contributed by atoms with Crippen molar-refractivity contribution in [3.8, 4) is 11.5 Å². The van der Waals surface area contributed by atoms with Gasteiger partial charge in [0.25, 0.3) is 0 Å². The summed E-state index contributed by atoms with van der Waals surface area (Å²) in [7, 11) is 0. The Morgan fingerprint density at radius 3 is 2.46 bits per heavy atom. The number of hydrogen-bond acceptors (Lipinski definition) is 5. The van der Waals surface area contributed by atoms with E-state index < -0.39 is 17.6 Å². The summed E-state index contributed by atoms with van der Waals surface area (Å²) < 4.78 is 10.8. The summed E-state index contributed by atoms with van der Waals surface area (Å²) in [6, 6.07) is 12.7. The molecule has 4 N–H and O–H groups in total. The highest BCUT2D eigenvalue weighted by molar-refractivity contribution is 5.87. The summed E-state index contributed by atoms with van der Waals surface area (Å²) in [5.74, 6) is 0.615. The summed E-state index contributed by atoms with van der Waals surface area (Å²) in [6.07, 6.45) is -0.883. The molecular weight excluding hydrogens is 308 g/mol. The Hall–Kier alpha value is -2.73. The van der Waals surface area contributed by atoms with Crippen LogP contribution < -0.4 is 20.5 Å². The molecule has 0 radical (unpaired) electrons. The third-order valence-electron chi connectivity index (χ3n) is 4.02. The van der Waals surface area contributed by atoms with Gasteiger partial charge in [-0.25, -0.2) is 0 Å². The number of fused-ring (bicyclic) bond motifs is 1. The summed E-state index contributed by atoms with van der Waals surface area (Å²) in [6.45, 7) is 3.48. The fourth-order valence-electron chi connectivity index (χ4n) is 2.51. The zero-order valence-corrected chi connectivity index (χ0v) is 13.6. The lowest BCUT2D eigenvalue weighted by atomic mass is 9.97. The molecule has 0 bridgehead atoms. The first kappa shape index (κ1) is 16.1. The summed E-state index contributed by atoms with van der Waals surface area (Å²) >= 11 is 0. The molecule has 126 valence electrons. The number of hydrogen-bond donors (Lipinski definition) is 3. The van der Waals surface area contributed by atoms with Crippen molar-refractivity contribution in [2.45, 2.75) is 25.5 Å². The molecule has 1 aliphatic rings. The fourth-order valence-corrected chi connectivity index (χ4v) is 2.51. The van der Waals surface area contributed by atoms with Gasteiger partial charge in [0.1, 0.15) is 11.6 Å². The van der Waals surface area contributed by atoms with Crippen LogP contribution in [0.4, 0.5) is 5.69 Å². The minimum absolute atomic E-state index is 0.124. The van der Waals surface area contributed by atoms with Gasteiger partial charge in [-0.05, 0) is 25.5 Å². The maximum atomic E-state index is 11.7. The van der Waals surface area contributed by atoms with Gasteiger partial charge in [-0.15, -0.1) is 0 Å². The lowest BCUT2D eigenvalue weighted by Gasteiger charge is -2.27. The number of nitrogens with two attached hydrogens (primary N) is 1. The highest BCUT2D eigenvalue weighted by Gasteiger charge is 2.29. The van der Waals surface area contributed by atoms with Crippen molar-refractivity contribution in [1.82, 2.24) is 0 Å². The first-order valence-electron chi connectivity index (χ1n) is 7.63. The number of anilines is 1. The Morgan fingerprint density at radius 1 is 1.21 bits per heavy atom. The van der Waals surface area contributed by atoms with Crippen LogP contribution in [0.15, 0.2) is 42.5 Å². The molecule has 0 saturated carbocycles. The standard InChI is InChI=1S/C18H20N2O4/c1-18(2,17(19)22)20-13-9-15-14(23-10-24-15)8-12(13)16(21)11-6-4-3-5-7-11/h3-9,16,20-21H,10H2,1-2H3,(H2,19,22). The number of benzene rings is 2. The Bertz CT molecular complexity index is 759. The van der Waals surface area contributed by atoms with Crippen LogP contribution in [-0.4, -0.2) is 23.3 Å². The van der Waals surface area contributed by atoms with Gasteiger partial charge in [0.15, 0.2) is 11.5 Å². The molecule has 24 heavy (non-hydrogen) atoms. The van der Waals surface area contributed by atoms with Crippen molar-refractivity contribution in [1.29, 1.82) is 0 Å². The Morgan fingerprint density at radius 2 is 1.83 bits per heavy atom. The van der Waals surface area contributed by atoms with Crippen LogP contribution in [-0.2, 0) is 4.79 Å². The lowest BCUT2D eigenvalue weighted by Crippen LogP contribution is -2.45. The number of aliphatic hydroxyl groups excluding tert-OH is 1. The monoisotopic (exact) mass is 328 g/mol. The van der Waals surface area contributed by atoms with Gasteiger partial charge >= 0.3 is 0 Å². The summed E-state index contributed by atoms with van der Waals surface area (Å²) in [5, 5.41) is 13.9. The first-order chi connectivity index (χ1) is 11.4. The van der Waals surface area contributed by atoms with Crippen molar-refractivity contribution in [3.63, 3.8) is 0 Å². The lowest BCUT2D eigenvalue weighted by molar-refractivity contribution is -0.121. The second-order valence-corrected chi connectivity index (χ2v) is 6.22. The van der Waals surface area contributed by atoms with Crippen LogP contribution in [0.5, 0.6) is 11.5 Å². The quantitative estimate of drug-likeness (QED) is 0.782. The average Bonchev–Trinajstić information content (AvgIpc) is 3.01. The van der Waals surface area contributed by atoms with E-state index in [4.69, 9.17) is 15.2 Å². The normalized spacial score (nSPS) is 14.3. The smallest absolute Gasteiger partial charge is 0.242 e. The predicted molar refractivity (Wildman–Crippen MR) is 90.0 cm³/mol. The molecule has 1 unspecified atom stereocenters. The largest absolute Gasteiger partial charge is 0.454 e. The Labute approximate surface area is 140 Å². The van der Waals surface area contributed by atoms with E-state index in [9.17, 15) is 9.90 Å². The molecule has 0 spiro atoms. The molecule has 1 heterocycles. The third kappa shape index (κ3) is 3.00. The van der Waals surface area contributed by atoms with Crippen LogP contribution in [0.3, 0.4) is 0 Å². The van der Waals surface area contributed by atoms with Crippen molar-refractivity contribution in [2.24, 2.45) is 5.73 Å². The molecule has 2 aromatic carbocycles. The van der Waals surface area contributed by atoms with Gasteiger partial charge in [0.05, 0.1) is 0 Å². The molecule has 0 aromatic heterocycles. The third-order valence-corrected chi connectivity index (χ3v) is 4.02. The van der Waals surface area contributed by atoms with Crippen LogP contribution in [0.1, 0.15) is 31.1 Å². The highest BCUT2D eigenvalue weighted by Crippen LogP contribution is 2.41. The van der Waals surface area contributed by atoms with Gasteiger partial charge in [-0.3, -0.25) is 4.79 Å². The molecule has 2 aromatic rings. The number of ether oxygens (including phenoxy) is 2. The second kappa shape index (κ2) is 6.05. The van der Waals surface area contributed by atoms with Crippen LogP contribution in [0.25, 0.3) is 0 Å². The predicted octanol–water partition coefficient (Wildman–Crippen LogP) is 2.17. The van der Waals surface area contributed by atoms with Crippen LogP contribution >= 0.6 is 0 Å². The second-order valence-electron chi connectivity index (χ2n) is 6.22. The Kier molecular flexibility index (Phi) is 4.07. The molecular formula is C18H20N2O4. The van der Waals surface area contributed by atoms with E-state index in [1.807, 2.05) is 30.3 Å². The summed E-state index contributed by atoms with van der Waals surface area (Å²) in [5.41, 5.74) is 6.35. The van der Waals surface area contributed by atoms with E-state index in [0.717, 1.165) is 5.56 Å². The number of primary amides is 1. The van der Waals surface area contributed by atoms with Gasteiger partial charge in [0, 0.05) is 17.3 Å². The van der Waals surface area contributed by atoms with Gasteiger partial charge in [0.2, 0.25) is 12.7 Å². The van der Waals surface area contributed by atoms with E-state index in [1.54, 1.807) is 26.0 Å². The average molecular weight is 328 g/mol. The van der Waals surface area contributed by atoms with E-state index in [1.165, 1.54) is 0 Å². The van der Waals surface area contributed by atoms with Crippen molar-refractivity contribution in [3.05, 3.63) is 53.6 Å². The molecule has 0 fully saturated rings. The molecule has 0 aliphatic carbocycles. The number of amides is 1. The fraction of sp³-hybridized carbons (Fsp3) is 0.278. The molecule has 0 saturated heterocycles. The maximum Gasteiger partial charge on any atom is 0.242 e. The Balaban J connectivity index is 2.05. The van der Waals surface area contributed by atoms with Gasteiger partial charge in [-0.1, -0.05) is 30.3 Å². The van der Waals surface area contributed by atoms with Crippen molar-refractivity contribution in [2.75, 3.05) is 12.1 Å². The molecule has 6 heteroatoms. The number of rotatable bonds is 5. The number of aliphatic hydroxyl groups is 1. The molecule has 1 aliphatic heterocycles. The SMILES string of the molecule is CC(C)(Nc1cc2c(cc1C(O)c1ccccc1)OCO2)C(N)=O. The number of carbonyl (C=O) groups is 1. The van der Waals surface area contributed by atoms with E-state index in [-0.39, 0.29) is 6.79 Å². The summed E-state index contributed by atoms with van der Waals surface area (Å²) in [4.78, 5) is 11.7. The van der Waals surface area contributed by atoms with Crippen LogP contribution in [0, 0.1) is 0 Å². The van der Waals surface area contributed by atoms with Crippen molar-refractivity contribution < 1.29 is 19.4 Å². The number of nitrogens with one attached hydrogen (secondary N) is 1. The topological polar surface area (TPSA) is 93.8 Å². The van der Waals surface area contributed by atoms with Gasteiger partial charge < -0.3 is 25.6 Å². The van der Waals surface area contributed by atoms with Crippen molar-refractivity contribution >= 4 is 11.6 Å². The molecule has 6 nitrogen and oxygen atoms in total. The van der Waals surface area contributed by atoms with Crippen LogP contribution in [0.2, 0.25) is 0 Å². The highest BCUT2D eigenvalue weighted by atomic mass is 16.7. The minimum Gasteiger partial charge on any atom is -0.454 e. The van der Waals surface area contributed by atoms with E-state index in [0.29, 0.717) is 22.7 Å². The zero-order chi connectivity index (χ0) is 17.3. The van der Waals surface area contributed by atoms with Gasteiger partial charge in [-0.2, -0.15) is 0 Å². The molecule has 1 amide bonds. The first-order valence-corrected chi connectivity index (χ1v) is 7.63. The zero-order valence-electron chi connectivity index (χ0n) is 13.6. The minimum atomic E-state index is -0.987.